The number of nitrogens with one attached hydrogen (secondary N) is 1. The van der Waals surface area contributed by atoms with Gasteiger partial charge >= 0.3 is 0 Å². The van der Waals surface area contributed by atoms with Gasteiger partial charge in [0.25, 0.3) is 0 Å². The molecule has 0 saturated carbocycles. The van der Waals surface area contributed by atoms with E-state index < -0.39 is 5.82 Å². The molecular formula is C7H5FN2OS. The molecule has 12 heavy (non-hydrogen) atoms. The minimum Gasteiger partial charge on any atom is -0.323 e. The van der Waals surface area contributed by atoms with E-state index in [4.69, 9.17) is 0 Å². The maximum absolute atomic E-state index is 12.6. The first-order valence-electron chi connectivity index (χ1n) is 3.34. The Labute approximate surface area is 72.4 Å². The molecule has 0 bridgehead atoms. The molecule has 0 radical (unpaired) electrons. The van der Waals surface area contributed by atoms with E-state index in [0.29, 0.717) is 16.5 Å². The summed E-state index contributed by atoms with van der Waals surface area (Å²) in [6.07, 6.45) is 1.14. The van der Waals surface area contributed by atoms with Gasteiger partial charge in [-0.25, -0.2) is 9.37 Å². The van der Waals surface area contributed by atoms with Gasteiger partial charge in [0.1, 0.15) is 10.8 Å². The van der Waals surface area contributed by atoms with Gasteiger partial charge < -0.3 is 5.32 Å². The Hall–Kier alpha value is -1.10. The number of carbonyl (C=O) groups excluding carboxylic acids is 1. The minimum absolute atomic E-state index is 0.111. The highest BCUT2D eigenvalue weighted by molar-refractivity contribution is 8.00. The minimum atomic E-state index is -0.434. The molecule has 62 valence electrons. The topological polar surface area (TPSA) is 42.0 Å². The highest BCUT2D eigenvalue weighted by Gasteiger charge is 2.16. The summed E-state index contributed by atoms with van der Waals surface area (Å²) in [4.78, 5) is 14.7. The Morgan fingerprint density at radius 2 is 2.50 bits per heavy atom. The van der Waals surface area contributed by atoms with Gasteiger partial charge in [0.05, 0.1) is 17.6 Å². The fourth-order valence-electron chi connectivity index (χ4n) is 0.951. The van der Waals surface area contributed by atoms with E-state index in [0.717, 1.165) is 6.20 Å². The van der Waals surface area contributed by atoms with E-state index in [-0.39, 0.29) is 5.91 Å². The lowest BCUT2D eigenvalue weighted by atomic mass is 10.4. The standard InChI is InChI=1S/C7H5FN2OS/c8-4-1-5-7(9-2-4)12-3-6(11)10-5/h1-2H,3H2,(H,10,11). The van der Waals surface area contributed by atoms with Gasteiger partial charge in [-0.1, -0.05) is 11.8 Å². The molecular weight excluding hydrogens is 179 g/mol. The van der Waals surface area contributed by atoms with Crippen molar-refractivity contribution in [3.05, 3.63) is 18.1 Å². The SMILES string of the molecule is O=C1CSc2ncc(F)cc2N1. The lowest BCUT2D eigenvalue weighted by Gasteiger charge is -2.13. The van der Waals surface area contributed by atoms with E-state index in [1.807, 2.05) is 0 Å². The lowest BCUT2D eigenvalue weighted by molar-refractivity contribution is -0.113. The Kier molecular flexibility index (Phi) is 1.73. The number of amides is 1. The van der Waals surface area contributed by atoms with Crippen molar-refractivity contribution >= 4 is 23.4 Å². The van der Waals surface area contributed by atoms with Crippen LogP contribution in [0.5, 0.6) is 0 Å². The van der Waals surface area contributed by atoms with Crippen molar-refractivity contribution in [3.8, 4) is 0 Å². The Morgan fingerprint density at radius 1 is 1.67 bits per heavy atom. The zero-order valence-electron chi connectivity index (χ0n) is 6.00. The van der Waals surface area contributed by atoms with Crippen molar-refractivity contribution in [1.29, 1.82) is 0 Å². The number of hydrogen-bond acceptors (Lipinski definition) is 3. The summed E-state index contributed by atoms with van der Waals surface area (Å²) in [5.74, 6) is -0.192. The normalized spacial score (nSPS) is 15.2. The quantitative estimate of drug-likeness (QED) is 0.660. The van der Waals surface area contributed by atoms with Crippen LogP contribution in [0, 0.1) is 5.82 Å². The number of nitrogens with zero attached hydrogens (tertiary/aromatic N) is 1. The molecule has 0 saturated heterocycles. The summed E-state index contributed by atoms with van der Waals surface area (Å²) in [6, 6.07) is 1.27. The van der Waals surface area contributed by atoms with Crippen molar-refractivity contribution in [2.24, 2.45) is 0 Å². The van der Waals surface area contributed by atoms with Crippen LogP contribution in [0.3, 0.4) is 0 Å². The van der Waals surface area contributed by atoms with Crippen LogP contribution in [-0.4, -0.2) is 16.6 Å². The molecule has 1 aromatic rings. The van der Waals surface area contributed by atoms with E-state index in [9.17, 15) is 9.18 Å². The van der Waals surface area contributed by atoms with Crippen LogP contribution in [-0.2, 0) is 4.79 Å². The molecule has 2 heterocycles. The Morgan fingerprint density at radius 3 is 3.33 bits per heavy atom. The van der Waals surface area contributed by atoms with Gasteiger partial charge in [0.15, 0.2) is 0 Å². The zero-order chi connectivity index (χ0) is 8.55. The largest absolute Gasteiger partial charge is 0.323 e. The van der Waals surface area contributed by atoms with E-state index in [1.165, 1.54) is 17.8 Å². The molecule has 1 amide bonds. The summed E-state index contributed by atoms with van der Waals surface area (Å²) in [5, 5.41) is 3.22. The van der Waals surface area contributed by atoms with Gasteiger partial charge in [-0.2, -0.15) is 0 Å². The van der Waals surface area contributed by atoms with E-state index in [1.54, 1.807) is 0 Å². The lowest BCUT2D eigenvalue weighted by Crippen LogP contribution is -2.19. The van der Waals surface area contributed by atoms with Crippen LogP contribution in [0.15, 0.2) is 17.3 Å². The van der Waals surface area contributed by atoms with Crippen LogP contribution in [0.4, 0.5) is 10.1 Å². The van der Waals surface area contributed by atoms with Gasteiger partial charge in [-0.15, -0.1) is 0 Å². The fraction of sp³-hybridized carbons (Fsp3) is 0.143. The van der Waals surface area contributed by atoms with Crippen molar-refractivity contribution in [2.75, 3.05) is 11.1 Å². The van der Waals surface area contributed by atoms with Crippen LogP contribution in [0.25, 0.3) is 0 Å². The van der Waals surface area contributed by atoms with Crippen molar-refractivity contribution in [2.45, 2.75) is 5.03 Å². The summed E-state index contributed by atoms with van der Waals surface area (Å²) in [6.45, 7) is 0. The molecule has 1 N–H and O–H groups in total. The predicted molar refractivity (Wildman–Crippen MR) is 43.5 cm³/mol. The number of aromatic nitrogens is 1. The number of anilines is 1. The molecule has 0 fully saturated rings. The summed E-state index contributed by atoms with van der Waals surface area (Å²) in [5.41, 5.74) is 0.469. The molecule has 3 nitrogen and oxygen atoms in total. The Balaban J connectivity index is 2.44. The molecule has 0 aliphatic carbocycles. The number of thioether (sulfide) groups is 1. The summed E-state index contributed by atoms with van der Waals surface area (Å²) < 4.78 is 12.6. The van der Waals surface area contributed by atoms with Crippen LogP contribution >= 0.6 is 11.8 Å². The van der Waals surface area contributed by atoms with Crippen molar-refractivity contribution < 1.29 is 9.18 Å². The molecule has 0 unspecified atom stereocenters. The smallest absolute Gasteiger partial charge is 0.234 e. The van der Waals surface area contributed by atoms with Gasteiger partial charge in [0, 0.05) is 6.07 Å². The highest BCUT2D eigenvalue weighted by Crippen LogP contribution is 2.28. The van der Waals surface area contributed by atoms with Gasteiger partial charge in [0.2, 0.25) is 5.91 Å². The van der Waals surface area contributed by atoms with Crippen LogP contribution < -0.4 is 5.32 Å². The maximum atomic E-state index is 12.6. The summed E-state index contributed by atoms with van der Waals surface area (Å²) >= 11 is 1.32. The molecule has 0 spiro atoms. The molecule has 0 atom stereocenters. The Bertz CT molecular complexity index is 342. The first-order valence-corrected chi connectivity index (χ1v) is 4.32. The van der Waals surface area contributed by atoms with Crippen LogP contribution in [0.2, 0.25) is 0 Å². The molecule has 5 heteroatoms. The third kappa shape index (κ3) is 1.27. The number of rotatable bonds is 0. The van der Waals surface area contributed by atoms with Crippen molar-refractivity contribution in [1.82, 2.24) is 4.98 Å². The number of fused-ring (bicyclic) bond motifs is 1. The highest BCUT2D eigenvalue weighted by atomic mass is 32.2. The monoisotopic (exact) mass is 184 g/mol. The number of carbonyl (C=O) groups is 1. The van der Waals surface area contributed by atoms with Crippen molar-refractivity contribution in [3.63, 3.8) is 0 Å². The summed E-state index contributed by atoms with van der Waals surface area (Å²) in [7, 11) is 0. The molecule has 1 aromatic heterocycles. The third-order valence-electron chi connectivity index (χ3n) is 1.43. The first-order chi connectivity index (χ1) is 5.75. The van der Waals surface area contributed by atoms with Gasteiger partial charge in [-0.3, -0.25) is 4.79 Å². The second kappa shape index (κ2) is 2.75. The first kappa shape index (κ1) is 7.54. The molecule has 2 rings (SSSR count). The second-order valence-corrected chi connectivity index (χ2v) is 3.31. The fourth-order valence-corrected chi connectivity index (χ4v) is 1.68. The number of pyridine rings is 1. The number of hydrogen-bond donors (Lipinski definition) is 1. The maximum Gasteiger partial charge on any atom is 0.234 e. The molecule has 0 aromatic carbocycles. The van der Waals surface area contributed by atoms with Gasteiger partial charge in [-0.05, 0) is 0 Å². The predicted octanol–water partition coefficient (Wildman–Crippen LogP) is 1.26. The van der Waals surface area contributed by atoms with E-state index in [2.05, 4.69) is 10.3 Å². The second-order valence-electron chi connectivity index (χ2n) is 2.34. The molecule has 1 aliphatic rings. The average molecular weight is 184 g/mol. The zero-order valence-corrected chi connectivity index (χ0v) is 6.82. The van der Waals surface area contributed by atoms with Crippen LogP contribution in [0.1, 0.15) is 0 Å². The average Bonchev–Trinajstić information content (AvgIpc) is 2.03. The molecule has 1 aliphatic heterocycles. The number of halogens is 1. The van der Waals surface area contributed by atoms with E-state index >= 15 is 0 Å². The third-order valence-corrected chi connectivity index (χ3v) is 2.44.